The molecule has 2 aliphatic rings. The molecule has 144 valence electrons. The predicted octanol–water partition coefficient (Wildman–Crippen LogP) is 3.12. The lowest BCUT2D eigenvalue weighted by Gasteiger charge is -2.17. The molecule has 3 rings (SSSR count). The molecular formula is C19H20ClNO6. The van der Waals surface area contributed by atoms with Gasteiger partial charge < -0.3 is 24.5 Å². The van der Waals surface area contributed by atoms with Gasteiger partial charge in [-0.15, -0.1) is 0 Å². The van der Waals surface area contributed by atoms with Gasteiger partial charge in [0.1, 0.15) is 36.4 Å². The third kappa shape index (κ3) is 4.43. The van der Waals surface area contributed by atoms with Crippen molar-refractivity contribution in [3.8, 4) is 11.5 Å². The number of nitrogens with zero attached hydrogens (tertiary/aromatic N) is 1. The Labute approximate surface area is 161 Å². The monoisotopic (exact) mass is 392 g/mol. The summed E-state index contributed by atoms with van der Waals surface area (Å²) < 4.78 is 11.0. The summed E-state index contributed by atoms with van der Waals surface area (Å²) in [7, 11) is 1.39. The Bertz CT molecular complexity index is 832. The fourth-order valence-electron chi connectivity index (χ4n) is 2.97. The minimum Gasteiger partial charge on any atom is -0.507 e. The van der Waals surface area contributed by atoms with Crippen molar-refractivity contribution in [2.24, 2.45) is 5.16 Å². The number of oxime groups is 1. The van der Waals surface area contributed by atoms with Crippen LogP contribution in [0.2, 0.25) is 5.02 Å². The molecule has 2 aliphatic heterocycles. The quantitative estimate of drug-likeness (QED) is 0.432. The van der Waals surface area contributed by atoms with Gasteiger partial charge in [0.15, 0.2) is 0 Å². The third-order valence-electron chi connectivity index (χ3n) is 4.29. The second-order valence-corrected chi connectivity index (χ2v) is 6.74. The molecule has 0 radical (unpaired) electrons. The van der Waals surface area contributed by atoms with E-state index < -0.39 is 17.8 Å². The topological polar surface area (TPSA) is 101 Å². The number of hydrogen-bond donors (Lipinski definition) is 2. The van der Waals surface area contributed by atoms with E-state index in [-0.39, 0.29) is 40.5 Å². The number of halogens is 1. The predicted molar refractivity (Wildman–Crippen MR) is 99.4 cm³/mol. The molecule has 7 nitrogen and oxygen atoms in total. The minimum atomic E-state index is -0.734. The van der Waals surface area contributed by atoms with Crippen LogP contribution < -0.4 is 0 Å². The smallest absolute Gasteiger partial charge is 0.342 e. The second kappa shape index (κ2) is 8.02. The first-order valence-electron chi connectivity index (χ1n) is 8.45. The van der Waals surface area contributed by atoms with Crippen molar-refractivity contribution in [2.45, 2.75) is 38.1 Å². The average Bonchev–Trinajstić information content (AvgIpc) is 3.32. The van der Waals surface area contributed by atoms with Gasteiger partial charge in [0.2, 0.25) is 0 Å². The van der Waals surface area contributed by atoms with Crippen LogP contribution >= 0.6 is 11.6 Å². The highest BCUT2D eigenvalue weighted by molar-refractivity contribution is 6.33. The molecule has 0 saturated carbocycles. The summed E-state index contributed by atoms with van der Waals surface area (Å²) >= 11 is 6.21. The molecule has 0 bridgehead atoms. The van der Waals surface area contributed by atoms with Crippen LogP contribution in [0.3, 0.4) is 0 Å². The maximum atomic E-state index is 12.7. The lowest BCUT2D eigenvalue weighted by Crippen LogP contribution is -2.19. The van der Waals surface area contributed by atoms with Crippen LogP contribution in [0.25, 0.3) is 0 Å². The number of hydrogen-bond acceptors (Lipinski definition) is 7. The summed E-state index contributed by atoms with van der Waals surface area (Å²) in [6, 6.07) is 1.02. The number of ether oxygens (including phenoxy) is 2. The summed E-state index contributed by atoms with van der Waals surface area (Å²) in [6.45, 7) is 1.75. The Morgan fingerprint density at radius 1 is 1.30 bits per heavy atom. The highest BCUT2D eigenvalue weighted by Gasteiger charge is 2.38. The standard InChI is InChI=1S/C19H20ClNO6/c1-10-7-16-15(27-16)6-4-3-5-11(21-25-2)8-12-17(19(24)26-10)13(22)9-14(23)18(12)20/h3-6,9-10,15-16,22-23H,7-8H2,1-2H3/b5-3+,6-4+,21-11+/t10-,15-,16-/m1/s1/i2-1. The van der Waals surface area contributed by atoms with Gasteiger partial charge in [-0.2, -0.15) is 0 Å². The molecule has 0 spiro atoms. The largest absolute Gasteiger partial charge is 0.507 e. The number of phenols is 2. The summed E-state index contributed by atoms with van der Waals surface area (Å²) in [6.07, 6.45) is 7.29. The Morgan fingerprint density at radius 3 is 2.81 bits per heavy atom. The molecule has 3 atom stereocenters. The molecule has 0 aromatic heterocycles. The van der Waals surface area contributed by atoms with Crippen molar-refractivity contribution < 1.29 is 29.3 Å². The van der Waals surface area contributed by atoms with E-state index in [1.54, 1.807) is 19.1 Å². The lowest BCUT2D eigenvalue weighted by atomic mass is 9.99. The van der Waals surface area contributed by atoms with Gasteiger partial charge in [0, 0.05) is 18.9 Å². The van der Waals surface area contributed by atoms with Crippen LogP contribution in [0.5, 0.6) is 11.5 Å². The third-order valence-corrected chi connectivity index (χ3v) is 4.71. The maximum absolute atomic E-state index is 12.7. The number of fused-ring (bicyclic) bond motifs is 2. The zero-order chi connectivity index (χ0) is 19.6. The maximum Gasteiger partial charge on any atom is 0.342 e. The van der Waals surface area contributed by atoms with E-state index in [0.717, 1.165) is 6.07 Å². The Kier molecular flexibility index (Phi) is 5.72. The first kappa shape index (κ1) is 19.3. The summed E-state index contributed by atoms with van der Waals surface area (Å²) in [5.41, 5.74) is 0.526. The Hall–Kier alpha value is -2.51. The van der Waals surface area contributed by atoms with E-state index in [9.17, 15) is 15.0 Å². The number of benzene rings is 1. The van der Waals surface area contributed by atoms with Crippen LogP contribution in [-0.2, 0) is 20.7 Å². The minimum absolute atomic E-state index is 0.0198. The van der Waals surface area contributed by atoms with Gasteiger partial charge in [-0.1, -0.05) is 35.0 Å². The van der Waals surface area contributed by atoms with Gasteiger partial charge in [0.05, 0.1) is 16.8 Å². The van der Waals surface area contributed by atoms with Crippen molar-refractivity contribution in [1.82, 2.24) is 0 Å². The van der Waals surface area contributed by atoms with E-state index in [4.69, 9.17) is 25.9 Å². The molecule has 0 unspecified atom stereocenters. The molecule has 0 aliphatic carbocycles. The molecule has 1 saturated heterocycles. The first-order chi connectivity index (χ1) is 12.9. The molecule has 2 heterocycles. The number of phenolic OH excluding ortho intramolecular Hbond substituents is 2. The summed E-state index contributed by atoms with van der Waals surface area (Å²) in [5.74, 6) is -1.50. The number of rotatable bonds is 1. The molecular weight excluding hydrogens is 373 g/mol. The van der Waals surface area contributed by atoms with Crippen molar-refractivity contribution in [3.05, 3.63) is 46.5 Å². The highest BCUT2D eigenvalue weighted by atomic mass is 35.5. The van der Waals surface area contributed by atoms with Gasteiger partial charge in [-0.25, -0.2) is 4.79 Å². The second-order valence-electron chi connectivity index (χ2n) is 6.36. The number of aromatic hydroxyl groups is 2. The molecule has 8 heteroatoms. The SMILES string of the molecule is C[C@@H]1C[C@H]2O[C@@H]2/C=C/C=C/C(=N\O[11CH3])Cc2c(Cl)c(O)cc(O)c2C(=O)O1. The number of cyclic esters (lactones) is 1. The summed E-state index contributed by atoms with van der Waals surface area (Å²) in [5, 5.41) is 24.1. The molecule has 1 aromatic carbocycles. The van der Waals surface area contributed by atoms with Crippen LogP contribution in [0, 0.1) is 0 Å². The van der Waals surface area contributed by atoms with E-state index in [2.05, 4.69) is 5.16 Å². The fourth-order valence-corrected chi connectivity index (χ4v) is 3.19. The van der Waals surface area contributed by atoms with Crippen LogP contribution in [-0.4, -0.2) is 47.3 Å². The van der Waals surface area contributed by atoms with Crippen LogP contribution in [0.4, 0.5) is 0 Å². The number of carbonyl (C=O) groups excluding carboxylic acids is 1. The van der Waals surface area contributed by atoms with Crippen molar-refractivity contribution in [2.75, 3.05) is 7.11 Å². The number of epoxide rings is 1. The zero-order valence-corrected chi connectivity index (χ0v) is 15.6. The van der Waals surface area contributed by atoms with Crippen molar-refractivity contribution >= 4 is 23.3 Å². The zero-order valence-electron chi connectivity index (χ0n) is 14.9. The van der Waals surface area contributed by atoms with Gasteiger partial charge >= 0.3 is 5.97 Å². The lowest BCUT2D eigenvalue weighted by molar-refractivity contribution is 0.0306. The summed E-state index contributed by atoms with van der Waals surface area (Å²) in [4.78, 5) is 17.5. The first-order valence-corrected chi connectivity index (χ1v) is 8.83. The van der Waals surface area contributed by atoms with Crippen LogP contribution in [0.15, 0.2) is 35.5 Å². The average molecular weight is 393 g/mol. The molecule has 0 amide bonds. The number of esters is 1. The van der Waals surface area contributed by atoms with E-state index in [1.807, 2.05) is 12.2 Å². The molecule has 1 aromatic rings. The number of carbonyl (C=O) groups is 1. The Balaban J connectivity index is 2.06. The Morgan fingerprint density at radius 2 is 2.07 bits per heavy atom. The van der Waals surface area contributed by atoms with E-state index in [0.29, 0.717) is 12.1 Å². The molecule has 1 fully saturated rings. The fraction of sp³-hybridized carbons (Fsp3) is 0.368. The van der Waals surface area contributed by atoms with Crippen LogP contribution in [0.1, 0.15) is 29.3 Å². The van der Waals surface area contributed by atoms with Crippen molar-refractivity contribution in [3.63, 3.8) is 0 Å². The molecule has 2 N–H and O–H groups in total. The normalized spacial score (nSPS) is 29.1. The molecule has 27 heavy (non-hydrogen) atoms. The van der Waals surface area contributed by atoms with Gasteiger partial charge in [0.25, 0.3) is 0 Å². The number of allylic oxidation sites excluding steroid dienone is 3. The van der Waals surface area contributed by atoms with E-state index in [1.165, 1.54) is 7.11 Å². The van der Waals surface area contributed by atoms with E-state index >= 15 is 0 Å². The van der Waals surface area contributed by atoms with Crippen molar-refractivity contribution in [1.29, 1.82) is 0 Å². The van der Waals surface area contributed by atoms with Gasteiger partial charge in [-0.05, 0) is 18.6 Å². The van der Waals surface area contributed by atoms with Gasteiger partial charge in [-0.3, -0.25) is 0 Å². The highest BCUT2D eigenvalue weighted by Crippen LogP contribution is 2.38.